The summed E-state index contributed by atoms with van der Waals surface area (Å²) in [5.74, 6) is 0.898. The van der Waals surface area contributed by atoms with E-state index in [4.69, 9.17) is 0 Å². The second-order valence-corrected chi connectivity index (χ2v) is 8.24. The first kappa shape index (κ1) is 19.5. The molecule has 154 valence electrons. The number of carbonyl (C=O) groups is 1. The van der Waals surface area contributed by atoms with Gasteiger partial charge in [0.05, 0.1) is 11.5 Å². The largest absolute Gasteiger partial charge is 0.417 e. The molecule has 0 unspecified atom stereocenters. The first-order valence-corrected chi connectivity index (χ1v) is 10.2. The third-order valence-electron chi connectivity index (χ3n) is 6.13. The van der Waals surface area contributed by atoms with Crippen LogP contribution < -0.4 is 10.2 Å². The summed E-state index contributed by atoms with van der Waals surface area (Å²) in [4.78, 5) is 20.9. The highest BCUT2D eigenvalue weighted by Crippen LogP contribution is 2.31. The monoisotopic (exact) mass is 396 g/mol. The van der Waals surface area contributed by atoms with Crippen LogP contribution in [0.5, 0.6) is 0 Å². The number of aromatic nitrogens is 1. The third-order valence-corrected chi connectivity index (χ3v) is 6.13. The SMILES string of the molecule is O=C(NC1CC1)[C@@H]1CCCN(C2CCN(c3ccc(C(F)(F)F)cn3)CC2)C1. The van der Waals surface area contributed by atoms with Gasteiger partial charge in [0.15, 0.2) is 0 Å². The van der Waals surface area contributed by atoms with Crippen molar-refractivity contribution in [2.24, 2.45) is 5.92 Å². The molecule has 0 spiro atoms. The van der Waals surface area contributed by atoms with Gasteiger partial charge in [-0.15, -0.1) is 0 Å². The van der Waals surface area contributed by atoms with Crippen LogP contribution in [0.15, 0.2) is 18.3 Å². The van der Waals surface area contributed by atoms with E-state index in [0.717, 1.165) is 77.0 Å². The lowest BCUT2D eigenvalue weighted by Gasteiger charge is -2.42. The highest BCUT2D eigenvalue weighted by atomic mass is 19.4. The number of nitrogens with zero attached hydrogens (tertiary/aromatic N) is 3. The van der Waals surface area contributed by atoms with Crippen LogP contribution in [0, 0.1) is 5.92 Å². The van der Waals surface area contributed by atoms with E-state index in [1.807, 2.05) is 0 Å². The molecule has 0 bridgehead atoms. The van der Waals surface area contributed by atoms with E-state index in [2.05, 4.69) is 20.1 Å². The maximum atomic E-state index is 12.7. The van der Waals surface area contributed by atoms with Crippen molar-refractivity contribution in [3.8, 4) is 0 Å². The molecule has 5 nitrogen and oxygen atoms in total. The second kappa shape index (κ2) is 7.89. The number of likely N-dealkylation sites (tertiary alicyclic amines) is 1. The first-order valence-electron chi connectivity index (χ1n) is 10.2. The van der Waals surface area contributed by atoms with Crippen molar-refractivity contribution in [1.29, 1.82) is 0 Å². The number of halogens is 3. The standard InChI is InChI=1S/C20H27F3N4O/c21-20(22,23)15-3-6-18(24-12-15)26-10-7-17(8-11-26)27-9-1-2-14(13-27)19(28)25-16-4-5-16/h3,6,12,14,16-17H,1-2,4-5,7-11,13H2,(H,25,28)/t14-/m1/s1. The van der Waals surface area contributed by atoms with Gasteiger partial charge in [-0.2, -0.15) is 13.2 Å². The lowest BCUT2D eigenvalue weighted by Crippen LogP contribution is -2.51. The molecule has 1 aliphatic carbocycles. The molecule has 4 rings (SSSR count). The van der Waals surface area contributed by atoms with Crippen LogP contribution in [0.3, 0.4) is 0 Å². The van der Waals surface area contributed by atoms with Gasteiger partial charge < -0.3 is 10.2 Å². The van der Waals surface area contributed by atoms with Crippen molar-refractivity contribution < 1.29 is 18.0 Å². The fraction of sp³-hybridized carbons (Fsp3) is 0.700. The van der Waals surface area contributed by atoms with Crippen molar-refractivity contribution in [2.45, 2.75) is 56.8 Å². The Kier molecular flexibility index (Phi) is 5.49. The molecule has 28 heavy (non-hydrogen) atoms. The fourth-order valence-corrected chi connectivity index (χ4v) is 4.30. The lowest BCUT2D eigenvalue weighted by molar-refractivity contribution is -0.137. The molecular formula is C20H27F3N4O. The number of hydrogen-bond acceptors (Lipinski definition) is 4. The smallest absolute Gasteiger partial charge is 0.357 e. The van der Waals surface area contributed by atoms with Gasteiger partial charge in [0.2, 0.25) is 5.91 Å². The van der Waals surface area contributed by atoms with Crippen LogP contribution in [0.2, 0.25) is 0 Å². The minimum absolute atomic E-state index is 0.0870. The normalized spacial score (nSPS) is 25.0. The van der Waals surface area contributed by atoms with E-state index in [1.54, 1.807) is 0 Å². The number of rotatable bonds is 4. The molecule has 3 heterocycles. The molecule has 0 aromatic carbocycles. The molecule has 1 aromatic rings. The maximum absolute atomic E-state index is 12.7. The van der Waals surface area contributed by atoms with Crippen LogP contribution in [0.1, 0.15) is 44.1 Å². The van der Waals surface area contributed by atoms with Gasteiger partial charge in [0, 0.05) is 37.9 Å². The Morgan fingerprint density at radius 1 is 1.07 bits per heavy atom. The van der Waals surface area contributed by atoms with Crippen molar-refractivity contribution >= 4 is 11.7 Å². The van der Waals surface area contributed by atoms with Gasteiger partial charge in [0.25, 0.3) is 0 Å². The highest BCUT2D eigenvalue weighted by Gasteiger charge is 2.34. The maximum Gasteiger partial charge on any atom is 0.417 e. The van der Waals surface area contributed by atoms with Crippen molar-refractivity contribution in [3.05, 3.63) is 23.9 Å². The molecule has 3 aliphatic rings. The number of amides is 1. The quantitative estimate of drug-likeness (QED) is 0.850. The molecule has 0 radical (unpaired) electrons. The number of piperidine rings is 2. The Labute approximate surface area is 163 Å². The average molecular weight is 396 g/mol. The van der Waals surface area contributed by atoms with E-state index in [-0.39, 0.29) is 11.8 Å². The molecular weight excluding hydrogens is 369 g/mol. The molecule has 1 aromatic heterocycles. The van der Waals surface area contributed by atoms with Crippen molar-refractivity contribution in [2.75, 3.05) is 31.1 Å². The Bertz CT molecular complexity index is 682. The van der Waals surface area contributed by atoms with E-state index < -0.39 is 11.7 Å². The molecule has 1 amide bonds. The predicted octanol–water partition coefficient (Wildman–Crippen LogP) is 3.06. The lowest BCUT2D eigenvalue weighted by atomic mass is 9.93. The zero-order chi connectivity index (χ0) is 19.7. The second-order valence-electron chi connectivity index (χ2n) is 8.24. The van der Waals surface area contributed by atoms with Gasteiger partial charge in [0.1, 0.15) is 5.82 Å². The molecule has 2 saturated heterocycles. The van der Waals surface area contributed by atoms with Crippen LogP contribution in [0.4, 0.5) is 19.0 Å². The van der Waals surface area contributed by atoms with Crippen LogP contribution in [-0.4, -0.2) is 54.1 Å². The summed E-state index contributed by atoms with van der Waals surface area (Å²) in [7, 11) is 0. The summed E-state index contributed by atoms with van der Waals surface area (Å²) < 4.78 is 38.1. The minimum atomic E-state index is -4.35. The molecule has 2 aliphatic heterocycles. The molecule has 1 atom stereocenters. The van der Waals surface area contributed by atoms with Crippen LogP contribution >= 0.6 is 0 Å². The van der Waals surface area contributed by atoms with E-state index in [9.17, 15) is 18.0 Å². The minimum Gasteiger partial charge on any atom is -0.357 e. The third kappa shape index (κ3) is 4.59. The van der Waals surface area contributed by atoms with E-state index >= 15 is 0 Å². The number of anilines is 1. The summed E-state index contributed by atoms with van der Waals surface area (Å²) >= 11 is 0. The number of alkyl halides is 3. The Hall–Kier alpha value is -1.83. The summed E-state index contributed by atoms with van der Waals surface area (Å²) in [6.45, 7) is 3.40. The summed E-state index contributed by atoms with van der Waals surface area (Å²) in [6, 6.07) is 3.40. The van der Waals surface area contributed by atoms with Crippen LogP contribution in [-0.2, 0) is 11.0 Å². The number of hydrogen-bond donors (Lipinski definition) is 1. The number of pyridine rings is 1. The van der Waals surface area contributed by atoms with Crippen molar-refractivity contribution in [3.63, 3.8) is 0 Å². The van der Waals surface area contributed by atoms with E-state index in [0.29, 0.717) is 17.9 Å². The fourth-order valence-electron chi connectivity index (χ4n) is 4.30. The Morgan fingerprint density at radius 3 is 2.43 bits per heavy atom. The Balaban J connectivity index is 1.29. The van der Waals surface area contributed by atoms with Gasteiger partial charge >= 0.3 is 6.18 Å². The topological polar surface area (TPSA) is 48.5 Å². The summed E-state index contributed by atoms with van der Waals surface area (Å²) in [6.07, 6.45) is 2.67. The summed E-state index contributed by atoms with van der Waals surface area (Å²) in [5.41, 5.74) is -0.713. The van der Waals surface area contributed by atoms with Gasteiger partial charge in [-0.1, -0.05) is 0 Å². The van der Waals surface area contributed by atoms with Crippen LogP contribution in [0.25, 0.3) is 0 Å². The first-order chi connectivity index (χ1) is 13.4. The van der Waals surface area contributed by atoms with Crippen molar-refractivity contribution in [1.82, 2.24) is 15.2 Å². The zero-order valence-electron chi connectivity index (χ0n) is 15.9. The molecule has 1 saturated carbocycles. The Morgan fingerprint density at radius 2 is 1.82 bits per heavy atom. The highest BCUT2D eigenvalue weighted by molar-refractivity contribution is 5.79. The van der Waals surface area contributed by atoms with Gasteiger partial charge in [-0.25, -0.2) is 4.98 Å². The zero-order valence-corrected chi connectivity index (χ0v) is 15.9. The average Bonchev–Trinajstić information content (AvgIpc) is 3.52. The molecule has 1 N–H and O–H groups in total. The van der Waals surface area contributed by atoms with Gasteiger partial charge in [-0.3, -0.25) is 9.69 Å². The number of nitrogens with one attached hydrogen (secondary N) is 1. The van der Waals surface area contributed by atoms with Gasteiger partial charge in [-0.05, 0) is 57.2 Å². The molecule has 3 fully saturated rings. The summed E-state index contributed by atoms with van der Waals surface area (Å²) in [5, 5.41) is 3.13. The number of carbonyl (C=O) groups excluding carboxylic acids is 1. The van der Waals surface area contributed by atoms with E-state index in [1.165, 1.54) is 6.07 Å². The predicted molar refractivity (Wildman–Crippen MR) is 99.9 cm³/mol. The molecule has 8 heteroatoms.